The molecule has 0 bridgehead atoms. The summed E-state index contributed by atoms with van der Waals surface area (Å²) in [5.41, 5.74) is 2.68. The van der Waals surface area contributed by atoms with Gasteiger partial charge in [-0.15, -0.1) is 0 Å². The van der Waals surface area contributed by atoms with Crippen LogP contribution in [-0.2, 0) is 6.42 Å². The number of nitrogens with one attached hydrogen (secondary N) is 1. The first-order valence-corrected chi connectivity index (χ1v) is 8.66. The molecule has 1 aliphatic heterocycles. The Morgan fingerprint density at radius 2 is 1.95 bits per heavy atom. The average molecular weight is 392 g/mol. The molecule has 0 saturated carbocycles. The largest absolute Gasteiger partial charge is 0.381 e. The van der Waals surface area contributed by atoms with E-state index in [0.29, 0.717) is 6.04 Å². The van der Waals surface area contributed by atoms with E-state index in [2.05, 4.69) is 87.4 Å². The molecular formula is C18H21IN2. The third kappa shape index (κ3) is 4.45. The minimum Gasteiger partial charge on any atom is -0.381 e. The van der Waals surface area contributed by atoms with Crippen molar-refractivity contribution >= 4 is 28.3 Å². The lowest BCUT2D eigenvalue weighted by Crippen LogP contribution is -2.27. The van der Waals surface area contributed by atoms with Crippen LogP contribution in [0.3, 0.4) is 0 Å². The summed E-state index contributed by atoms with van der Waals surface area (Å²) in [7, 11) is 0. The van der Waals surface area contributed by atoms with Gasteiger partial charge in [-0.05, 0) is 59.2 Å². The molecule has 0 spiro atoms. The van der Waals surface area contributed by atoms with Gasteiger partial charge < -0.3 is 10.2 Å². The number of likely N-dealkylation sites (tertiary alicyclic amines) is 1. The molecule has 2 aromatic carbocycles. The highest BCUT2D eigenvalue weighted by Gasteiger charge is 2.21. The number of nitrogens with zero attached hydrogens (tertiary/aromatic N) is 1. The van der Waals surface area contributed by atoms with Gasteiger partial charge >= 0.3 is 0 Å². The Labute approximate surface area is 140 Å². The van der Waals surface area contributed by atoms with Gasteiger partial charge in [0.25, 0.3) is 0 Å². The maximum Gasteiger partial charge on any atom is 0.0400 e. The van der Waals surface area contributed by atoms with Crippen LogP contribution in [-0.4, -0.2) is 30.6 Å². The first-order valence-electron chi connectivity index (χ1n) is 7.58. The van der Waals surface area contributed by atoms with Crippen molar-refractivity contribution in [3.05, 3.63) is 63.7 Å². The summed E-state index contributed by atoms with van der Waals surface area (Å²) in [6.45, 7) is 3.52. The van der Waals surface area contributed by atoms with Crippen LogP contribution in [0.2, 0.25) is 0 Å². The first kappa shape index (κ1) is 14.9. The molecule has 1 N–H and O–H groups in total. The molecule has 1 atom stereocenters. The van der Waals surface area contributed by atoms with Gasteiger partial charge in [-0.1, -0.05) is 36.4 Å². The molecule has 3 heteroatoms. The second-order valence-corrected chi connectivity index (χ2v) is 6.92. The van der Waals surface area contributed by atoms with Gasteiger partial charge in [0.05, 0.1) is 0 Å². The van der Waals surface area contributed by atoms with E-state index < -0.39 is 0 Å². The predicted molar refractivity (Wildman–Crippen MR) is 97.8 cm³/mol. The summed E-state index contributed by atoms with van der Waals surface area (Å²) in [5, 5.41) is 3.66. The van der Waals surface area contributed by atoms with Gasteiger partial charge in [-0.25, -0.2) is 0 Å². The van der Waals surface area contributed by atoms with Crippen LogP contribution < -0.4 is 5.32 Å². The molecule has 1 fully saturated rings. The molecule has 0 aliphatic carbocycles. The van der Waals surface area contributed by atoms with Crippen LogP contribution in [0, 0.1) is 3.57 Å². The van der Waals surface area contributed by atoms with E-state index in [1.807, 2.05) is 0 Å². The zero-order valence-corrected chi connectivity index (χ0v) is 14.3. The number of hydrogen-bond donors (Lipinski definition) is 1. The van der Waals surface area contributed by atoms with Gasteiger partial charge in [-0.3, -0.25) is 0 Å². The van der Waals surface area contributed by atoms with Gasteiger partial charge in [0.2, 0.25) is 0 Å². The van der Waals surface area contributed by atoms with Gasteiger partial charge in [0, 0.05) is 34.9 Å². The Morgan fingerprint density at radius 1 is 1.10 bits per heavy atom. The summed E-state index contributed by atoms with van der Waals surface area (Å²) in [5.74, 6) is 0. The number of hydrogen-bond acceptors (Lipinski definition) is 2. The quantitative estimate of drug-likeness (QED) is 0.774. The fourth-order valence-corrected chi connectivity index (χ4v) is 3.44. The van der Waals surface area contributed by atoms with E-state index in [4.69, 9.17) is 0 Å². The number of benzene rings is 2. The smallest absolute Gasteiger partial charge is 0.0400 e. The highest BCUT2D eigenvalue weighted by molar-refractivity contribution is 14.1. The highest BCUT2D eigenvalue weighted by Crippen LogP contribution is 2.18. The predicted octanol–water partition coefficient (Wildman–Crippen LogP) is 4.02. The number of rotatable bonds is 5. The Kier molecular flexibility index (Phi) is 5.14. The van der Waals surface area contributed by atoms with Crippen molar-refractivity contribution in [1.82, 2.24) is 4.90 Å². The monoisotopic (exact) mass is 392 g/mol. The second-order valence-electron chi connectivity index (χ2n) is 5.68. The van der Waals surface area contributed by atoms with E-state index in [-0.39, 0.29) is 0 Å². The fraction of sp³-hybridized carbons (Fsp3) is 0.333. The number of anilines is 1. The summed E-state index contributed by atoms with van der Waals surface area (Å²) in [4.78, 5) is 2.57. The van der Waals surface area contributed by atoms with E-state index in [1.54, 1.807) is 0 Å². The Balaban J connectivity index is 1.47. The van der Waals surface area contributed by atoms with Crippen LogP contribution in [0.5, 0.6) is 0 Å². The molecule has 1 unspecified atom stereocenters. The molecule has 1 aliphatic rings. The Morgan fingerprint density at radius 3 is 2.76 bits per heavy atom. The lowest BCUT2D eigenvalue weighted by atomic mass is 10.1. The maximum absolute atomic E-state index is 3.66. The van der Waals surface area contributed by atoms with Crippen LogP contribution >= 0.6 is 22.6 Å². The summed E-state index contributed by atoms with van der Waals surface area (Å²) in [6, 6.07) is 20.0. The minimum absolute atomic E-state index is 0.582. The summed E-state index contributed by atoms with van der Waals surface area (Å²) >= 11 is 2.37. The molecule has 110 valence electrons. The average Bonchev–Trinajstić information content (AvgIpc) is 2.94. The van der Waals surface area contributed by atoms with Gasteiger partial charge in [0.1, 0.15) is 0 Å². The van der Waals surface area contributed by atoms with E-state index in [0.717, 1.165) is 19.5 Å². The van der Waals surface area contributed by atoms with Gasteiger partial charge in [-0.2, -0.15) is 0 Å². The Hall–Kier alpha value is -1.07. The molecule has 0 aromatic heterocycles. The topological polar surface area (TPSA) is 15.3 Å². The molecule has 1 saturated heterocycles. The van der Waals surface area contributed by atoms with E-state index in [1.165, 1.54) is 27.8 Å². The maximum atomic E-state index is 3.66. The van der Waals surface area contributed by atoms with Crippen molar-refractivity contribution in [2.45, 2.75) is 18.9 Å². The van der Waals surface area contributed by atoms with Crippen molar-refractivity contribution in [3.8, 4) is 0 Å². The SMILES string of the molecule is Ic1cccc(NC2CCN(CCc3ccccc3)C2)c1. The van der Waals surface area contributed by atoms with Crippen LogP contribution in [0.4, 0.5) is 5.69 Å². The summed E-state index contributed by atoms with van der Waals surface area (Å²) < 4.78 is 1.29. The molecule has 2 nitrogen and oxygen atoms in total. The normalized spacial score (nSPS) is 18.8. The van der Waals surface area contributed by atoms with Gasteiger partial charge in [0.15, 0.2) is 0 Å². The highest BCUT2D eigenvalue weighted by atomic mass is 127. The molecule has 1 heterocycles. The van der Waals surface area contributed by atoms with E-state index in [9.17, 15) is 0 Å². The standard InChI is InChI=1S/C18H21IN2/c19-16-7-4-8-17(13-16)20-18-10-12-21(14-18)11-9-15-5-2-1-3-6-15/h1-8,13,18,20H,9-12,14H2. The van der Waals surface area contributed by atoms with Crippen molar-refractivity contribution in [2.75, 3.05) is 25.0 Å². The fourth-order valence-electron chi connectivity index (χ4n) is 2.90. The zero-order chi connectivity index (χ0) is 14.5. The molecule has 21 heavy (non-hydrogen) atoms. The van der Waals surface area contributed by atoms with Crippen LogP contribution in [0.15, 0.2) is 54.6 Å². The number of halogens is 1. The third-order valence-electron chi connectivity index (χ3n) is 4.03. The van der Waals surface area contributed by atoms with Crippen molar-refractivity contribution in [3.63, 3.8) is 0 Å². The zero-order valence-electron chi connectivity index (χ0n) is 12.1. The minimum atomic E-state index is 0.582. The molecule has 0 radical (unpaired) electrons. The van der Waals surface area contributed by atoms with Crippen LogP contribution in [0.1, 0.15) is 12.0 Å². The summed E-state index contributed by atoms with van der Waals surface area (Å²) in [6.07, 6.45) is 2.39. The van der Waals surface area contributed by atoms with Crippen molar-refractivity contribution in [2.24, 2.45) is 0 Å². The van der Waals surface area contributed by atoms with E-state index >= 15 is 0 Å². The van der Waals surface area contributed by atoms with Crippen molar-refractivity contribution in [1.29, 1.82) is 0 Å². The Bertz CT molecular complexity index is 570. The molecular weight excluding hydrogens is 371 g/mol. The van der Waals surface area contributed by atoms with Crippen molar-refractivity contribution < 1.29 is 0 Å². The lowest BCUT2D eigenvalue weighted by molar-refractivity contribution is 0.341. The second kappa shape index (κ2) is 7.27. The molecule has 3 rings (SSSR count). The lowest BCUT2D eigenvalue weighted by Gasteiger charge is -2.17. The molecule has 2 aromatic rings. The molecule has 0 amide bonds. The van der Waals surface area contributed by atoms with Crippen LogP contribution in [0.25, 0.3) is 0 Å². The third-order valence-corrected chi connectivity index (χ3v) is 4.70. The first-order chi connectivity index (χ1) is 10.3.